The third-order valence-corrected chi connectivity index (χ3v) is 5.76. The molecule has 0 unspecified atom stereocenters. The molecule has 8 nitrogen and oxygen atoms in total. The van der Waals surface area contributed by atoms with E-state index in [9.17, 15) is 13.2 Å². The van der Waals surface area contributed by atoms with E-state index >= 15 is 0 Å². The topological polar surface area (TPSA) is 91.4 Å². The van der Waals surface area contributed by atoms with Gasteiger partial charge in [-0.1, -0.05) is 18.2 Å². The molecule has 2 aromatic rings. The lowest BCUT2D eigenvalue weighted by Gasteiger charge is -2.21. The number of fused-ring (bicyclic) bond motifs is 1. The Bertz CT molecular complexity index is 915. The number of likely N-dealkylation sites (N-methyl/N-ethyl adjacent to an activating group) is 1. The molecule has 0 aromatic heterocycles. The maximum absolute atomic E-state index is 12.7. The van der Waals surface area contributed by atoms with E-state index in [1.54, 1.807) is 12.1 Å². The van der Waals surface area contributed by atoms with Crippen LogP contribution in [-0.4, -0.2) is 58.7 Å². The molecule has 150 valence electrons. The van der Waals surface area contributed by atoms with Crippen LogP contribution in [0.3, 0.4) is 0 Å². The second-order valence-electron chi connectivity index (χ2n) is 5.89. The number of nitrogens with zero attached hydrogens (tertiary/aromatic N) is 1. The molecule has 0 aliphatic carbocycles. The van der Waals surface area contributed by atoms with E-state index in [2.05, 4.69) is 0 Å². The molecule has 0 atom stereocenters. The molecule has 0 saturated carbocycles. The van der Waals surface area contributed by atoms with Gasteiger partial charge in [-0.2, -0.15) is 0 Å². The lowest BCUT2D eigenvalue weighted by atomic mass is 10.3. The number of hydrogen-bond donors (Lipinski definition) is 0. The third kappa shape index (κ3) is 4.73. The fourth-order valence-corrected chi connectivity index (χ4v) is 3.59. The Labute approximate surface area is 163 Å². The number of amides is 1. The van der Waals surface area contributed by atoms with Gasteiger partial charge < -0.3 is 18.9 Å². The van der Waals surface area contributed by atoms with Crippen LogP contribution in [0.1, 0.15) is 0 Å². The molecule has 0 saturated heterocycles. The van der Waals surface area contributed by atoms with Crippen LogP contribution in [0.15, 0.2) is 53.4 Å². The van der Waals surface area contributed by atoms with Gasteiger partial charge in [0.1, 0.15) is 32.2 Å². The molecule has 1 aliphatic rings. The predicted octanol–water partition coefficient (Wildman–Crippen LogP) is 1.70. The lowest BCUT2D eigenvalue weighted by Crippen LogP contribution is -2.36. The van der Waals surface area contributed by atoms with E-state index in [4.69, 9.17) is 18.9 Å². The third-order valence-electron chi connectivity index (χ3n) is 3.99. The van der Waals surface area contributed by atoms with Gasteiger partial charge in [-0.3, -0.25) is 4.79 Å². The summed E-state index contributed by atoms with van der Waals surface area (Å²) in [6.45, 7) is 0.764. The molecule has 0 fully saturated rings. The summed E-state index contributed by atoms with van der Waals surface area (Å²) in [7, 11) is -2.83. The molecule has 9 heteroatoms. The van der Waals surface area contributed by atoms with Gasteiger partial charge in [-0.05, 0) is 24.3 Å². The summed E-state index contributed by atoms with van der Waals surface area (Å²) in [4.78, 5) is 12.2. The van der Waals surface area contributed by atoms with E-state index in [1.165, 1.54) is 25.2 Å². The second kappa shape index (κ2) is 8.94. The first-order valence-corrected chi connectivity index (χ1v) is 10.1. The van der Waals surface area contributed by atoms with Gasteiger partial charge in [0.25, 0.3) is 15.9 Å². The second-order valence-corrected chi connectivity index (χ2v) is 7.86. The van der Waals surface area contributed by atoms with Gasteiger partial charge >= 0.3 is 0 Å². The number of carbonyl (C=O) groups excluding carboxylic acids is 1. The minimum atomic E-state index is -4.02. The van der Waals surface area contributed by atoms with Crippen molar-refractivity contribution in [3.05, 3.63) is 48.5 Å². The van der Waals surface area contributed by atoms with Crippen LogP contribution in [-0.2, 0) is 19.6 Å². The number of para-hydroxylation sites is 1. The first kappa shape index (κ1) is 20.0. The number of ether oxygens (including phenoxy) is 4. The standard InChI is InChI=1S/C19H21NO7S/c1-20(19(21)14-24-9-10-25-15-5-3-2-4-6-15)28(22,23)16-7-8-17-18(13-16)27-12-11-26-17/h2-8,13H,9-12,14H2,1H3. The molecular weight excluding hydrogens is 386 g/mol. The number of sulfonamides is 1. The quantitative estimate of drug-likeness (QED) is 0.615. The van der Waals surface area contributed by atoms with E-state index in [0.717, 1.165) is 0 Å². The minimum absolute atomic E-state index is 0.0555. The van der Waals surface area contributed by atoms with Crippen molar-refractivity contribution < 1.29 is 32.2 Å². The number of rotatable bonds is 8. The molecule has 2 aromatic carbocycles. The number of benzene rings is 2. The van der Waals surface area contributed by atoms with Crippen molar-refractivity contribution in [2.24, 2.45) is 0 Å². The molecule has 0 spiro atoms. The first-order chi connectivity index (χ1) is 13.5. The van der Waals surface area contributed by atoms with Gasteiger partial charge in [-0.15, -0.1) is 0 Å². The van der Waals surface area contributed by atoms with Crippen molar-refractivity contribution >= 4 is 15.9 Å². The van der Waals surface area contributed by atoms with Gasteiger partial charge in [0.05, 0.1) is 11.5 Å². The highest BCUT2D eigenvalue weighted by atomic mass is 32.2. The summed E-state index contributed by atoms with van der Waals surface area (Å²) in [5.41, 5.74) is 0. The van der Waals surface area contributed by atoms with E-state index in [-0.39, 0.29) is 24.7 Å². The fourth-order valence-electron chi connectivity index (χ4n) is 2.46. The van der Waals surface area contributed by atoms with Crippen molar-refractivity contribution in [2.45, 2.75) is 4.90 Å². The number of carbonyl (C=O) groups is 1. The van der Waals surface area contributed by atoms with E-state index in [1.807, 2.05) is 18.2 Å². The summed E-state index contributed by atoms with van der Waals surface area (Å²) >= 11 is 0. The van der Waals surface area contributed by atoms with Gasteiger partial charge in [0.2, 0.25) is 0 Å². The average molecular weight is 407 g/mol. The highest BCUT2D eigenvalue weighted by Crippen LogP contribution is 2.32. The zero-order valence-electron chi connectivity index (χ0n) is 15.4. The van der Waals surface area contributed by atoms with E-state index < -0.39 is 15.9 Å². The van der Waals surface area contributed by atoms with Crippen LogP contribution in [0, 0.1) is 0 Å². The molecule has 0 radical (unpaired) electrons. The zero-order valence-corrected chi connectivity index (χ0v) is 16.2. The Hall–Kier alpha value is -2.78. The van der Waals surface area contributed by atoms with Gasteiger partial charge in [-0.25, -0.2) is 12.7 Å². The predicted molar refractivity (Wildman–Crippen MR) is 100 cm³/mol. The molecule has 3 rings (SSSR count). The Morgan fingerprint density at radius 3 is 2.50 bits per heavy atom. The van der Waals surface area contributed by atoms with Crippen LogP contribution in [0.4, 0.5) is 0 Å². The maximum Gasteiger partial charge on any atom is 0.266 e. The summed E-state index contributed by atoms with van der Waals surface area (Å²) in [5, 5.41) is 0. The summed E-state index contributed by atoms with van der Waals surface area (Å²) in [6.07, 6.45) is 0. The smallest absolute Gasteiger partial charge is 0.266 e. The van der Waals surface area contributed by atoms with Crippen LogP contribution in [0.2, 0.25) is 0 Å². The molecule has 0 bridgehead atoms. The monoisotopic (exact) mass is 407 g/mol. The van der Waals surface area contributed by atoms with Crippen molar-refractivity contribution in [3.8, 4) is 17.2 Å². The first-order valence-electron chi connectivity index (χ1n) is 8.65. The molecule has 1 heterocycles. The Kier molecular flexibility index (Phi) is 6.37. The van der Waals surface area contributed by atoms with E-state index in [0.29, 0.717) is 34.8 Å². The summed E-state index contributed by atoms with van der Waals surface area (Å²) in [6, 6.07) is 13.4. The summed E-state index contributed by atoms with van der Waals surface area (Å²) < 4.78 is 47.4. The minimum Gasteiger partial charge on any atom is -0.491 e. The normalized spacial score (nSPS) is 13.0. The van der Waals surface area contributed by atoms with Crippen molar-refractivity contribution in [3.63, 3.8) is 0 Å². The highest BCUT2D eigenvalue weighted by Gasteiger charge is 2.27. The highest BCUT2D eigenvalue weighted by molar-refractivity contribution is 7.89. The van der Waals surface area contributed by atoms with Crippen LogP contribution < -0.4 is 14.2 Å². The van der Waals surface area contributed by atoms with Crippen molar-refractivity contribution in [2.75, 3.05) is 40.1 Å². The van der Waals surface area contributed by atoms with Crippen LogP contribution in [0.5, 0.6) is 17.2 Å². The summed E-state index contributed by atoms with van der Waals surface area (Å²) in [5.74, 6) is 0.814. The Balaban J connectivity index is 1.52. The lowest BCUT2D eigenvalue weighted by molar-refractivity contribution is -0.130. The SMILES string of the molecule is CN(C(=O)COCCOc1ccccc1)S(=O)(=O)c1ccc2c(c1)OCCO2. The molecule has 28 heavy (non-hydrogen) atoms. The van der Waals surface area contributed by atoms with Gasteiger partial charge in [0.15, 0.2) is 11.5 Å². The zero-order chi connectivity index (χ0) is 20.0. The van der Waals surface area contributed by atoms with Crippen LogP contribution >= 0.6 is 0 Å². The molecule has 1 amide bonds. The van der Waals surface area contributed by atoms with Crippen molar-refractivity contribution in [1.29, 1.82) is 0 Å². The largest absolute Gasteiger partial charge is 0.491 e. The Morgan fingerprint density at radius 1 is 1.04 bits per heavy atom. The maximum atomic E-state index is 12.7. The molecule has 0 N–H and O–H groups in total. The number of hydrogen-bond acceptors (Lipinski definition) is 7. The molecular formula is C19H21NO7S. The van der Waals surface area contributed by atoms with Crippen LogP contribution in [0.25, 0.3) is 0 Å². The van der Waals surface area contributed by atoms with Crippen molar-refractivity contribution in [1.82, 2.24) is 4.31 Å². The Morgan fingerprint density at radius 2 is 1.75 bits per heavy atom. The fraction of sp³-hybridized carbons (Fsp3) is 0.316. The average Bonchev–Trinajstić information content (AvgIpc) is 2.73. The molecule has 1 aliphatic heterocycles. The van der Waals surface area contributed by atoms with Gasteiger partial charge in [0, 0.05) is 13.1 Å².